The lowest BCUT2D eigenvalue weighted by Crippen LogP contribution is -2.25. The van der Waals surface area contributed by atoms with Crippen molar-refractivity contribution >= 4 is 34.0 Å². The highest BCUT2D eigenvalue weighted by Crippen LogP contribution is 2.23. The Bertz CT molecular complexity index is 878. The number of carbonyl (C=O) groups is 2. The van der Waals surface area contributed by atoms with Gasteiger partial charge in [0.1, 0.15) is 0 Å². The summed E-state index contributed by atoms with van der Waals surface area (Å²) in [6.45, 7) is 1.94. The Hall–Kier alpha value is -3.12. The molecule has 6 heteroatoms. The second kappa shape index (κ2) is 8.31. The van der Waals surface area contributed by atoms with E-state index < -0.39 is 0 Å². The molecule has 0 fully saturated rings. The minimum absolute atomic E-state index is 0.0939. The minimum atomic E-state index is -0.345. The van der Waals surface area contributed by atoms with Gasteiger partial charge in [0.15, 0.2) is 0 Å². The first-order valence-corrected chi connectivity index (χ1v) is 9.02. The monoisotopic (exact) mass is 365 g/mol. The van der Waals surface area contributed by atoms with E-state index in [0.717, 1.165) is 5.56 Å². The van der Waals surface area contributed by atoms with E-state index in [4.69, 9.17) is 0 Å². The number of benzene rings is 2. The second-order valence-electron chi connectivity index (χ2n) is 5.71. The van der Waals surface area contributed by atoms with E-state index in [1.54, 1.807) is 24.3 Å². The van der Waals surface area contributed by atoms with Crippen LogP contribution in [0.15, 0.2) is 72.8 Å². The summed E-state index contributed by atoms with van der Waals surface area (Å²) in [5.41, 5.74) is 1.74. The Kier molecular flexibility index (Phi) is 5.66. The molecule has 0 saturated carbocycles. The summed E-state index contributed by atoms with van der Waals surface area (Å²) in [5, 5.41) is 9.05. The number of carbonyl (C=O) groups excluding carboxylic acids is 2. The van der Waals surface area contributed by atoms with Crippen molar-refractivity contribution < 1.29 is 9.59 Å². The highest BCUT2D eigenvalue weighted by atomic mass is 32.1. The molecule has 0 aliphatic rings. The van der Waals surface area contributed by atoms with Gasteiger partial charge in [0.2, 0.25) is 0 Å². The van der Waals surface area contributed by atoms with Crippen LogP contribution in [-0.4, -0.2) is 11.9 Å². The maximum absolute atomic E-state index is 12.4. The molecule has 0 bridgehead atoms. The lowest BCUT2D eigenvalue weighted by molar-refractivity contribution is 0.0944. The first kappa shape index (κ1) is 17.7. The molecule has 26 heavy (non-hydrogen) atoms. The fourth-order valence-corrected chi connectivity index (χ4v) is 3.22. The summed E-state index contributed by atoms with van der Waals surface area (Å²) >= 11 is 1.23. The quantitative estimate of drug-likeness (QED) is 0.603. The first-order chi connectivity index (χ1) is 12.6. The zero-order valence-electron chi connectivity index (χ0n) is 14.2. The number of thiophene rings is 1. The molecule has 3 N–H and O–H groups in total. The van der Waals surface area contributed by atoms with Crippen molar-refractivity contribution in [3.8, 4) is 0 Å². The fraction of sp³-hybridized carbons (Fsp3) is 0.100. The summed E-state index contributed by atoms with van der Waals surface area (Å²) in [7, 11) is 0. The standard InChI is InChI=1S/C20H19N3O2S/c1-14(15-8-4-2-5-9-15)21-19(24)17-12-13-18(26-17)23-20(25)22-16-10-6-3-7-11-16/h2-14H,1H3,(H,21,24)(H2,22,23,25). The SMILES string of the molecule is CC(NC(=O)c1ccc(NC(=O)Nc2ccccc2)s1)c1ccccc1. The first-order valence-electron chi connectivity index (χ1n) is 8.20. The molecule has 3 aromatic rings. The molecule has 0 saturated heterocycles. The van der Waals surface area contributed by atoms with Crippen LogP contribution < -0.4 is 16.0 Å². The normalized spacial score (nSPS) is 11.4. The van der Waals surface area contributed by atoms with E-state index in [2.05, 4.69) is 16.0 Å². The summed E-state index contributed by atoms with van der Waals surface area (Å²) in [6.07, 6.45) is 0. The van der Waals surface area contributed by atoms with Crippen LogP contribution in [0, 0.1) is 0 Å². The molecule has 0 aliphatic heterocycles. The average molecular weight is 365 g/mol. The lowest BCUT2D eigenvalue weighted by atomic mass is 10.1. The molecule has 1 unspecified atom stereocenters. The van der Waals surface area contributed by atoms with Gasteiger partial charge in [0, 0.05) is 5.69 Å². The van der Waals surface area contributed by atoms with E-state index >= 15 is 0 Å². The highest BCUT2D eigenvalue weighted by Gasteiger charge is 2.14. The molecule has 1 heterocycles. The fourth-order valence-electron chi connectivity index (χ4n) is 2.42. The molecule has 5 nitrogen and oxygen atoms in total. The van der Waals surface area contributed by atoms with Crippen molar-refractivity contribution in [2.45, 2.75) is 13.0 Å². The number of para-hydroxylation sites is 1. The van der Waals surface area contributed by atoms with Crippen molar-refractivity contribution in [2.24, 2.45) is 0 Å². The van der Waals surface area contributed by atoms with E-state index in [-0.39, 0.29) is 18.0 Å². The molecule has 1 atom stereocenters. The Morgan fingerprint density at radius 1 is 0.846 bits per heavy atom. The van der Waals surface area contributed by atoms with Crippen molar-refractivity contribution in [2.75, 3.05) is 10.6 Å². The van der Waals surface area contributed by atoms with Gasteiger partial charge in [-0.25, -0.2) is 4.79 Å². The van der Waals surface area contributed by atoms with Crippen LogP contribution in [0.5, 0.6) is 0 Å². The molecule has 0 spiro atoms. The smallest absolute Gasteiger partial charge is 0.324 e. The van der Waals surface area contributed by atoms with Crippen LogP contribution in [0.25, 0.3) is 0 Å². The van der Waals surface area contributed by atoms with Gasteiger partial charge < -0.3 is 10.6 Å². The van der Waals surface area contributed by atoms with Crippen LogP contribution in [-0.2, 0) is 0 Å². The molecule has 1 aromatic heterocycles. The third kappa shape index (κ3) is 4.70. The van der Waals surface area contributed by atoms with Crippen LogP contribution >= 0.6 is 11.3 Å². The number of anilines is 2. The minimum Gasteiger partial charge on any atom is -0.345 e. The third-order valence-electron chi connectivity index (χ3n) is 3.75. The van der Waals surface area contributed by atoms with E-state index in [0.29, 0.717) is 15.6 Å². The largest absolute Gasteiger partial charge is 0.345 e. The topological polar surface area (TPSA) is 70.2 Å². The predicted octanol–water partition coefficient (Wildman–Crippen LogP) is 4.88. The molecular formula is C20H19N3O2S. The number of urea groups is 1. The van der Waals surface area contributed by atoms with Crippen LogP contribution in [0.2, 0.25) is 0 Å². The van der Waals surface area contributed by atoms with E-state index in [1.807, 2.05) is 55.5 Å². The van der Waals surface area contributed by atoms with Gasteiger partial charge in [-0.1, -0.05) is 48.5 Å². The van der Waals surface area contributed by atoms with Gasteiger partial charge in [-0.15, -0.1) is 11.3 Å². The number of hydrogen-bond acceptors (Lipinski definition) is 3. The molecule has 2 aromatic carbocycles. The number of hydrogen-bond donors (Lipinski definition) is 3. The highest BCUT2D eigenvalue weighted by molar-refractivity contribution is 7.18. The van der Waals surface area contributed by atoms with Crippen molar-refractivity contribution in [1.82, 2.24) is 5.32 Å². The molecule has 0 radical (unpaired) electrons. The van der Waals surface area contributed by atoms with Gasteiger partial charge in [-0.05, 0) is 36.8 Å². The maximum Gasteiger partial charge on any atom is 0.324 e. The van der Waals surface area contributed by atoms with Crippen LogP contribution in [0.3, 0.4) is 0 Å². The van der Waals surface area contributed by atoms with Crippen LogP contribution in [0.4, 0.5) is 15.5 Å². The Labute approximate surface area is 156 Å². The van der Waals surface area contributed by atoms with Crippen molar-refractivity contribution in [1.29, 1.82) is 0 Å². The van der Waals surface area contributed by atoms with Crippen molar-refractivity contribution in [3.05, 3.63) is 83.2 Å². The maximum atomic E-state index is 12.4. The summed E-state index contributed by atoms with van der Waals surface area (Å²) < 4.78 is 0. The number of rotatable bonds is 5. The van der Waals surface area contributed by atoms with E-state index in [1.165, 1.54) is 11.3 Å². The van der Waals surface area contributed by atoms with Gasteiger partial charge in [-0.2, -0.15) is 0 Å². The van der Waals surface area contributed by atoms with E-state index in [9.17, 15) is 9.59 Å². The van der Waals surface area contributed by atoms with Crippen molar-refractivity contribution in [3.63, 3.8) is 0 Å². The molecule has 3 amide bonds. The average Bonchev–Trinajstić information content (AvgIpc) is 3.11. The summed E-state index contributed by atoms with van der Waals surface area (Å²) in [5.74, 6) is -0.164. The molecule has 3 rings (SSSR count). The zero-order valence-corrected chi connectivity index (χ0v) is 15.0. The number of amides is 3. The Balaban J connectivity index is 1.57. The van der Waals surface area contributed by atoms with Gasteiger partial charge in [0.25, 0.3) is 5.91 Å². The van der Waals surface area contributed by atoms with Crippen LogP contribution in [0.1, 0.15) is 28.2 Å². The predicted molar refractivity (Wildman–Crippen MR) is 106 cm³/mol. The van der Waals surface area contributed by atoms with Gasteiger partial charge >= 0.3 is 6.03 Å². The second-order valence-corrected chi connectivity index (χ2v) is 6.80. The van der Waals surface area contributed by atoms with Gasteiger partial charge in [-0.3, -0.25) is 10.1 Å². The zero-order chi connectivity index (χ0) is 18.4. The molecule has 0 aliphatic carbocycles. The summed E-state index contributed by atoms with van der Waals surface area (Å²) in [6, 6.07) is 21.9. The molecule has 132 valence electrons. The molecular weight excluding hydrogens is 346 g/mol. The number of nitrogens with one attached hydrogen (secondary N) is 3. The summed E-state index contributed by atoms with van der Waals surface area (Å²) in [4.78, 5) is 24.9. The Morgan fingerprint density at radius 2 is 1.50 bits per heavy atom. The van der Waals surface area contributed by atoms with Gasteiger partial charge in [0.05, 0.1) is 15.9 Å². The lowest BCUT2D eigenvalue weighted by Gasteiger charge is -2.13. The third-order valence-corrected chi connectivity index (χ3v) is 4.74. The Morgan fingerprint density at radius 3 is 2.19 bits per heavy atom.